The smallest absolute Gasteiger partial charge is 0.227 e. The molecule has 2 aromatic carbocycles. The third-order valence-electron chi connectivity index (χ3n) is 5.16. The number of ether oxygens (including phenoxy) is 1. The molecule has 6 nitrogen and oxygen atoms in total. The molecule has 0 aliphatic carbocycles. The molecule has 0 amide bonds. The third kappa shape index (κ3) is 4.84. The molecule has 8 heteroatoms. The molecule has 32 heavy (non-hydrogen) atoms. The maximum Gasteiger partial charge on any atom is 0.227 e. The summed E-state index contributed by atoms with van der Waals surface area (Å²) in [6.45, 7) is 6.07. The number of halogens is 1. The Bertz CT molecular complexity index is 1140. The number of Topliss-reactive ketones (excluding diaryl/α,β-unsaturated/α-hetero) is 1. The van der Waals surface area contributed by atoms with Gasteiger partial charge in [0, 0.05) is 22.0 Å². The lowest BCUT2D eigenvalue weighted by molar-refractivity contribution is -0.114. The standard InChI is InChI=1S/C24H25ClN4O2S/c1-4-13-32-24-27-23-26-15(2)21(16(3)30)22(29(23)28-24)18-7-11-20(12-8-18)31-14-17-5-9-19(25)10-6-17/h5-12,22H,4,13-14H2,1-3H3,(H,26,27,28). The summed E-state index contributed by atoms with van der Waals surface area (Å²) >= 11 is 7.56. The van der Waals surface area contributed by atoms with E-state index >= 15 is 0 Å². The highest BCUT2D eigenvalue weighted by atomic mass is 35.5. The molecule has 1 N–H and O–H groups in total. The summed E-state index contributed by atoms with van der Waals surface area (Å²) in [5, 5.41) is 9.35. The summed E-state index contributed by atoms with van der Waals surface area (Å²) in [4.78, 5) is 17.2. The van der Waals surface area contributed by atoms with Gasteiger partial charge in [-0.2, -0.15) is 4.98 Å². The molecule has 166 valence electrons. The maximum absolute atomic E-state index is 12.5. The van der Waals surface area contributed by atoms with Crippen LogP contribution in [0.25, 0.3) is 0 Å². The normalized spacial score (nSPS) is 15.3. The van der Waals surface area contributed by atoms with Crippen molar-refractivity contribution in [3.63, 3.8) is 0 Å². The fourth-order valence-electron chi connectivity index (χ4n) is 3.64. The molecule has 0 fully saturated rings. The minimum Gasteiger partial charge on any atom is -0.489 e. The van der Waals surface area contributed by atoms with Gasteiger partial charge in [0.2, 0.25) is 11.1 Å². The minimum absolute atomic E-state index is 0.00646. The average molecular weight is 469 g/mol. The molecular formula is C24H25ClN4O2S. The number of anilines is 1. The summed E-state index contributed by atoms with van der Waals surface area (Å²) in [6, 6.07) is 15.0. The number of carbonyl (C=O) groups excluding carboxylic acids is 1. The van der Waals surface area contributed by atoms with Gasteiger partial charge in [0.05, 0.1) is 0 Å². The van der Waals surface area contributed by atoms with E-state index in [4.69, 9.17) is 21.4 Å². The van der Waals surface area contributed by atoms with E-state index in [1.54, 1.807) is 18.7 Å². The van der Waals surface area contributed by atoms with Crippen molar-refractivity contribution < 1.29 is 9.53 Å². The molecule has 4 rings (SSSR count). The third-order valence-corrected chi connectivity index (χ3v) is 6.46. The minimum atomic E-state index is -0.336. The van der Waals surface area contributed by atoms with E-state index in [1.807, 2.05) is 60.1 Å². The molecule has 2 heterocycles. The first-order chi connectivity index (χ1) is 15.5. The average Bonchev–Trinajstić information content (AvgIpc) is 3.19. The predicted octanol–water partition coefficient (Wildman–Crippen LogP) is 5.89. The summed E-state index contributed by atoms with van der Waals surface area (Å²) in [7, 11) is 0. The van der Waals surface area contributed by atoms with E-state index in [1.165, 1.54) is 0 Å². The van der Waals surface area contributed by atoms with Crippen molar-refractivity contribution in [2.75, 3.05) is 11.1 Å². The van der Waals surface area contributed by atoms with Crippen molar-refractivity contribution in [1.82, 2.24) is 14.8 Å². The zero-order valence-electron chi connectivity index (χ0n) is 18.3. The highest BCUT2D eigenvalue weighted by Gasteiger charge is 2.32. The number of nitrogens with zero attached hydrogens (tertiary/aromatic N) is 3. The molecule has 1 aliphatic rings. The van der Waals surface area contributed by atoms with E-state index in [-0.39, 0.29) is 11.8 Å². The lowest BCUT2D eigenvalue weighted by atomic mass is 9.93. The van der Waals surface area contributed by atoms with Crippen LogP contribution in [-0.4, -0.2) is 26.3 Å². The Hall–Kier alpha value is -2.77. The van der Waals surface area contributed by atoms with Crippen LogP contribution in [0.2, 0.25) is 5.02 Å². The number of fused-ring (bicyclic) bond motifs is 1. The van der Waals surface area contributed by atoms with Crippen molar-refractivity contribution in [2.45, 2.75) is 45.0 Å². The summed E-state index contributed by atoms with van der Waals surface area (Å²) in [5.41, 5.74) is 3.48. The Morgan fingerprint density at radius 1 is 1.19 bits per heavy atom. The second-order valence-electron chi connectivity index (χ2n) is 7.62. The number of nitrogens with one attached hydrogen (secondary N) is 1. The van der Waals surface area contributed by atoms with Crippen LogP contribution < -0.4 is 10.1 Å². The number of benzene rings is 2. The summed E-state index contributed by atoms with van der Waals surface area (Å²) in [5.74, 6) is 2.35. The topological polar surface area (TPSA) is 69.0 Å². The van der Waals surface area contributed by atoms with E-state index < -0.39 is 0 Å². The fourth-order valence-corrected chi connectivity index (χ4v) is 4.45. The fraction of sp³-hybridized carbons (Fsp3) is 0.292. The van der Waals surface area contributed by atoms with Gasteiger partial charge in [0.1, 0.15) is 18.4 Å². The lowest BCUT2D eigenvalue weighted by Gasteiger charge is -2.28. The molecule has 0 saturated heterocycles. The van der Waals surface area contributed by atoms with Crippen LogP contribution in [0.5, 0.6) is 5.75 Å². The van der Waals surface area contributed by atoms with Gasteiger partial charge in [-0.3, -0.25) is 4.79 Å². The van der Waals surface area contributed by atoms with Gasteiger partial charge in [-0.25, -0.2) is 4.68 Å². The van der Waals surface area contributed by atoms with Gasteiger partial charge in [0.25, 0.3) is 0 Å². The molecule has 1 atom stereocenters. The van der Waals surface area contributed by atoms with Gasteiger partial charge < -0.3 is 10.1 Å². The Morgan fingerprint density at radius 3 is 2.56 bits per heavy atom. The highest BCUT2D eigenvalue weighted by molar-refractivity contribution is 7.99. The number of thioether (sulfide) groups is 1. The van der Waals surface area contributed by atoms with E-state index in [2.05, 4.69) is 17.2 Å². The maximum atomic E-state index is 12.5. The SMILES string of the molecule is CCCSc1nc2n(n1)C(c1ccc(OCc3ccc(Cl)cc3)cc1)C(C(C)=O)=C(C)N2. The lowest BCUT2D eigenvalue weighted by Crippen LogP contribution is -2.27. The van der Waals surface area contributed by atoms with Crippen LogP contribution >= 0.6 is 23.4 Å². The van der Waals surface area contributed by atoms with Crippen LogP contribution in [0.3, 0.4) is 0 Å². The molecule has 1 aliphatic heterocycles. The second-order valence-corrected chi connectivity index (χ2v) is 9.12. The second kappa shape index (κ2) is 9.79. The molecule has 3 aromatic rings. The summed E-state index contributed by atoms with van der Waals surface area (Å²) in [6.07, 6.45) is 1.04. The van der Waals surface area contributed by atoms with Crippen LogP contribution in [0.15, 0.2) is 65.0 Å². The van der Waals surface area contributed by atoms with Crippen molar-refractivity contribution in [3.05, 3.63) is 76.0 Å². The number of rotatable bonds is 8. The largest absolute Gasteiger partial charge is 0.489 e. The Morgan fingerprint density at radius 2 is 1.91 bits per heavy atom. The van der Waals surface area contributed by atoms with Gasteiger partial charge in [0.15, 0.2) is 5.78 Å². The molecule has 1 aromatic heterocycles. The zero-order valence-corrected chi connectivity index (χ0v) is 19.8. The van der Waals surface area contributed by atoms with Crippen molar-refractivity contribution in [3.8, 4) is 5.75 Å². The van der Waals surface area contributed by atoms with E-state index in [9.17, 15) is 4.79 Å². The molecule has 1 unspecified atom stereocenters. The van der Waals surface area contributed by atoms with Crippen LogP contribution in [-0.2, 0) is 11.4 Å². The molecule has 0 spiro atoms. The van der Waals surface area contributed by atoms with Crippen LogP contribution in [0, 0.1) is 0 Å². The zero-order chi connectivity index (χ0) is 22.7. The Kier molecular flexibility index (Phi) is 6.86. The molecule has 0 saturated carbocycles. The van der Waals surface area contributed by atoms with Crippen molar-refractivity contribution >= 4 is 35.1 Å². The van der Waals surface area contributed by atoms with E-state index in [0.717, 1.165) is 34.7 Å². The number of hydrogen-bond acceptors (Lipinski definition) is 6. The van der Waals surface area contributed by atoms with Crippen LogP contribution in [0.1, 0.15) is 44.4 Å². The predicted molar refractivity (Wildman–Crippen MR) is 128 cm³/mol. The Balaban J connectivity index is 1.59. The highest BCUT2D eigenvalue weighted by Crippen LogP contribution is 2.37. The van der Waals surface area contributed by atoms with Gasteiger partial charge in [-0.1, -0.05) is 54.6 Å². The number of hydrogen-bond donors (Lipinski definition) is 1. The molecule has 0 radical (unpaired) electrons. The van der Waals surface area contributed by atoms with E-state index in [0.29, 0.717) is 28.3 Å². The molecular weight excluding hydrogens is 444 g/mol. The van der Waals surface area contributed by atoms with Gasteiger partial charge in [-0.15, -0.1) is 5.10 Å². The number of ketones is 1. The quantitative estimate of drug-likeness (QED) is 0.415. The molecule has 0 bridgehead atoms. The number of allylic oxidation sites excluding steroid dienone is 2. The van der Waals surface area contributed by atoms with Gasteiger partial charge in [-0.05, 0) is 55.7 Å². The summed E-state index contributed by atoms with van der Waals surface area (Å²) < 4.78 is 7.73. The number of aromatic nitrogens is 3. The van der Waals surface area contributed by atoms with Gasteiger partial charge >= 0.3 is 0 Å². The van der Waals surface area contributed by atoms with Crippen LogP contribution in [0.4, 0.5) is 5.95 Å². The first-order valence-corrected chi connectivity index (χ1v) is 11.9. The van der Waals surface area contributed by atoms with Crippen molar-refractivity contribution in [2.24, 2.45) is 0 Å². The van der Waals surface area contributed by atoms with Crippen molar-refractivity contribution in [1.29, 1.82) is 0 Å². The first-order valence-electron chi connectivity index (χ1n) is 10.5. The first kappa shape index (κ1) is 22.4. The Labute approximate surface area is 197 Å². The number of carbonyl (C=O) groups is 1. The monoisotopic (exact) mass is 468 g/mol.